The van der Waals surface area contributed by atoms with Gasteiger partial charge in [0.15, 0.2) is 0 Å². The summed E-state index contributed by atoms with van der Waals surface area (Å²) in [7, 11) is 0. The summed E-state index contributed by atoms with van der Waals surface area (Å²) in [6.07, 6.45) is 0.220. The van der Waals surface area contributed by atoms with Crippen molar-refractivity contribution in [2.24, 2.45) is 5.92 Å². The number of rotatable bonds is 6. The van der Waals surface area contributed by atoms with Crippen molar-refractivity contribution in [1.82, 2.24) is 20.3 Å². The number of hydrogen-bond donors (Lipinski definition) is 1. The second-order valence-electron chi connectivity index (χ2n) is 8.39. The SMILES string of the molecule is Cc1noc(C)c1CC(=O)N1CCN(C(=O)C(NC(=O)c2ccc(F)cc2)C(C)C)CC1. The van der Waals surface area contributed by atoms with Gasteiger partial charge in [0.1, 0.15) is 17.6 Å². The molecule has 1 aliphatic rings. The summed E-state index contributed by atoms with van der Waals surface area (Å²) in [5, 5.41) is 6.66. The molecule has 0 radical (unpaired) electrons. The number of benzene rings is 1. The van der Waals surface area contributed by atoms with E-state index in [1.54, 1.807) is 16.7 Å². The van der Waals surface area contributed by atoms with Crippen molar-refractivity contribution in [3.8, 4) is 0 Å². The third kappa shape index (κ3) is 5.33. The van der Waals surface area contributed by atoms with Gasteiger partial charge in [0.2, 0.25) is 11.8 Å². The third-order valence-electron chi connectivity index (χ3n) is 5.78. The molecule has 32 heavy (non-hydrogen) atoms. The van der Waals surface area contributed by atoms with Crippen LogP contribution in [0.1, 0.15) is 41.2 Å². The molecule has 2 heterocycles. The molecule has 1 fully saturated rings. The quantitative estimate of drug-likeness (QED) is 0.736. The highest BCUT2D eigenvalue weighted by molar-refractivity contribution is 5.97. The molecule has 1 unspecified atom stereocenters. The Morgan fingerprint density at radius 1 is 1.06 bits per heavy atom. The highest BCUT2D eigenvalue weighted by Gasteiger charge is 2.32. The fourth-order valence-electron chi connectivity index (χ4n) is 3.73. The van der Waals surface area contributed by atoms with Gasteiger partial charge in [0.05, 0.1) is 12.1 Å². The van der Waals surface area contributed by atoms with E-state index in [9.17, 15) is 18.8 Å². The van der Waals surface area contributed by atoms with Crippen LogP contribution in [-0.2, 0) is 16.0 Å². The average molecular weight is 445 g/mol. The number of halogens is 1. The molecular weight excluding hydrogens is 415 g/mol. The van der Waals surface area contributed by atoms with Crippen LogP contribution in [0.5, 0.6) is 0 Å². The van der Waals surface area contributed by atoms with Gasteiger partial charge in [-0.25, -0.2) is 4.39 Å². The Balaban J connectivity index is 1.58. The van der Waals surface area contributed by atoms with E-state index in [2.05, 4.69) is 10.5 Å². The molecule has 1 atom stereocenters. The lowest BCUT2D eigenvalue weighted by atomic mass is 10.0. The van der Waals surface area contributed by atoms with Gasteiger partial charge in [-0.15, -0.1) is 0 Å². The minimum atomic E-state index is -0.711. The van der Waals surface area contributed by atoms with E-state index in [0.29, 0.717) is 43.2 Å². The number of carbonyl (C=O) groups excluding carboxylic acids is 3. The molecule has 1 saturated heterocycles. The first kappa shape index (κ1) is 23.4. The first-order valence-electron chi connectivity index (χ1n) is 10.7. The number of nitrogens with one attached hydrogen (secondary N) is 1. The van der Waals surface area contributed by atoms with Gasteiger partial charge in [0.25, 0.3) is 5.91 Å². The van der Waals surface area contributed by atoms with Gasteiger partial charge >= 0.3 is 0 Å². The van der Waals surface area contributed by atoms with Crippen LogP contribution in [0.4, 0.5) is 4.39 Å². The molecule has 0 bridgehead atoms. The molecule has 0 aliphatic carbocycles. The number of amides is 3. The molecule has 3 amide bonds. The molecular formula is C23H29FN4O4. The third-order valence-corrected chi connectivity index (χ3v) is 5.78. The highest BCUT2D eigenvalue weighted by atomic mass is 19.1. The van der Waals surface area contributed by atoms with Crippen LogP contribution in [0, 0.1) is 25.6 Å². The standard InChI is InChI=1S/C23H29FN4O4/c1-14(2)21(25-22(30)17-5-7-18(24)8-6-17)23(31)28-11-9-27(10-12-28)20(29)13-19-15(3)26-32-16(19)4/h5-8,14,21H,9-13H2,1-4H3,(H,25,30). The monoisotopic (exact) mass is 444 g/mol. The zero-order chi connectivity index (χ0) is 23.4. The average Bonchev–Trinajstić information content (AvgIpc) is 3.09. The van der Waals surface area contributed by atoms with Gasteiger partial charge in [-0.05, 0) is 44.0 Å². The largest absolute Gasteiger partial charge is 0.361 e. The normalized spacial score (nSPS) is 15.1. The maximum absolute atomic E-state index is 13.1. The number of piperazine rings is 1. The zero-order valence-electron chi connectivity index (χ0n) is 18.9. The Kier molecular flexibility index (Phi) is 7.27. The Morgan fingerprint density at radius 3 is 2.19 bits per heavy atom. The van der Waals surface area contributed by atoms with Crippen LogP contribution in [0.25, 0.3) is 0 Å². The van der Waals surface area contributed by atoms with Crippen LogP contribution >= 0.6 is 0 Å². The van der Waals surface area contributed by atoms with E-state index in [-0.39, 0.29) is 24.2 Å². The van der Waals surface area contributed by atoms with Crippen LogP contribution in [0.2, 0.25) is 0 Å². The van der Waals surface area contributed by atoms with Gasteiger partial charge in [-0.2, -0.15) is 0 Å². The van der Waals surface area contributed by atoms with Crippen LogP contribution in [0.3, 0.4) is 0 Å². The van der Waals surface area contributed by atoms with Crippen molar-refractivity contribution in [3.63, 3.8) is 0 Å². The minimum Gasteiger partial charge on any atom is -0.361 e. The topological polar surface area (TPSA) is 95.8 Å². The minimum absolute atomic E-state index is 0.0310. The Bertz CT molecular complexity index is 959. The zero-order valence-corrected chi connectivity index (χ0v) is 18.9. The first-order valence-corrected chi connectivity index (χ1v) is 10.7. The number of carbonyl (C=O) groups is 3. The lowest BCUT2D eigenvalue weighted by molar-refractivity contribution is -0.141. The van der Waals surface area contributed by atoms with E-state index >= 15 is 0 Å². The van der Waals surface area contributed by atoms with Crippen LogP contribution in [0.15, 0.2) is 28.8 Å². The fraction of sp³-hybridized carbons (Fsp3) is 0.478. The second kappa shape index (κ2) is 9.93. The molecule has 172 valence electrons. The number of aromatic nitrogens is 1. The number of aryl methyl sites for hydroxylation is 2. The van der Waals surface area contributed by atoms with Gasteiger partial charge in [-0.1, -0.05) is 19.0 Å². The van der Waals surface area contributed by atoms with E-state index in [0.717, 1.165) is 5.56 Å². The molecule has 8 nitrogen and oxygen atoms in total. The summed E-state index contributed by atoms with van der Waals surface area (Å²) in [6.45, 7) is 8.93. The maximum atomic E-state index is 13.1. The molecule has 1 aliphatic heterocycles. The first-order chi connectivity index (χ1) is 15.2. The van der Waals surface area contributed by atoms with Crippen molar-refractivity contribution < 1.29 is 23.3 Å². The molecule has 1 aromatic heterocycles. The van der Waals surface area contributed by atoms with Gasteiger partial charge in [0, 0.05) is 37.3 Å². The predicted molar refractivity (Wildman–Crippen MR) is 115 cm³/mol. The fourth-order valence-corrected chi connectivity index (χ4v) is 3.73. The van der Waals surface area contributed by atoms with Crippen molar-refractivity contribution >= 4 is 17.7 Å². The number of nitrogens with zero attached hydrogens (tertiary/aromatic N) is 3. The van der Waals surface area contributed by atoms with Crippen molar-refractivity contribution in [2.75, 3.05) is 26.2 Å². The summed E-state index contributed by atoms with van der Waals surface area (Å²) in [6, 6.07) is 4.48. The molecule has 9 heteroatoms. The molecule has 1 N–H and O–H groups in total. The summed E-state index contributed by atoms with van der Waals surface area (Å²) in [5.74, 6) is -0.567. The van der Waals surface area contributed by atoms with Gasteiger partial charge in [-0.3, -0.25) is 14.4 Å². The van der Waals surface area contributed by atoms with E-state index in [1.165, 1.54) is 24.3 Å². The van der Waals surface area contributed by atoms with Crippen molar-refractivity contribution in [3.05, 3.63) is 52.7 Å². The van der Waals surface area contributed by atoms with E-state index in [4.69, 9.17) is 4.52 Å². The molecule has 1 aromatic carbocycles. The van der Waals surface area contributed by atoms with Crippen molar-refractivity contribution in [1.29, 1.82) is 0 Å². The van der Waals surface area contributed by atoms with Crippen molar-refractivity contribution in [2.45, 2.75) is 40.2 Å². The highest BCUT2D eigenvalue weighted by Crippen LogP contribution is 2.16. The molecule has 3 rings (SSSR count). The summed E-state index contributed by atoms with van der Waals surface area (Å²) >= 11 is 0. The number of hydrogen-bond acceptors (Lipinski definition) is 5. The summed E-state index contributed by atoms with van der Waals surface area (Å²) in [5.41, 5.74) is 1.80. The lowest BCUT2D eigenvalue weighted by Crippen LogP contribution is -2.57. The molecule has 2 aromatic rings. The van der Waals surface area contributed by atoms with Gasteiger partial charge < -0.3 is 19.6 Å². The Hall–Kier alpha value is -3.23. The predicted octanol–water partition coefficient (Wildman–Crippen LogP) is 2.10. The van der Waals surface area contributed by atoms with E-state index < -0.39 is 17.8 Å². The molecule has 0 spiro atoms. The lowest BCUT2D eigenvalue weighted by Gasteiger charge is -2.37. The summed E-state index contributed by atoms with van der Waals surface area (Å²) in [4.78, 5) is 41.7. The van der Waals surface area contributed by atoms with Crippen LogP contribution < -0.4 is 5.32 Å². The Labute approximate surface area is 186 Å². The smallest absolute Gasteiger partial charge is 0.251 e. The second-order valence-corrected chi connectivity index (χ2v) is 8.39. The van der Waals surface area contributed by atoms with E-state index in [1.807, 2.05) is 20.8 Å². The van der Waals surface area contributed by atoms with Crippen LogP contribution in [-0.4, -0.2) is 64.9 Å². The maximum Gasteiger partial charge on any atom is 0.251 e. The molecule has 0 saturated carbocycles. The summed E-state index contributed by atoms with van der Waals surface area (Å²) < 4.78 is 18.2. The Morgan fingerprint density at radius 2 is 1.66 bits per heavy atom.